The van der Waals surface area contributed by atoms with Gasteiger partial charge in [0.05, 0.1) is 30.9 Å². The van der Waals surface area contributed by atoms with Gasteiger partial charge in [-0.05, 0) is 26.2 Å². The minimum absolute atomic E-state index is 0.0813. The normalized spacial score (nSPS) is 22.0. The van der Waals surface area contributed by atoms with Crippen molar-refractivity contribution in [3.05, 3.63) is 40.4 Å². The highest BCUT2D eigenvalue weighted by molar-refractivity contribution is 7.15. The highest BCUT2D eigenvalue weighted by Gasteiger charge is 2.39. The fraction of sp³-hybridized carbons (Fsp3) is 0.526. The first-order chi connectivity index (χ1) is 11.7. The molecule has 1 atom stereocenters. The van der Waals surface area contributed by atoms with E-state index in [1.165, 1.54) is 28.1 Å². The monoisotopic (exact) mass is 344 g/mol. The van der Waals surface area contributed by atoms with Gasteiger partial charge in [-0.25, -0.2) is 4.98 Å². The Kier molecular flexibility index (Phi) is 4.43. The van der Waals surface area contributed by atoms with Gasteiger partial charge in [0.2, 0.25) is 0 Å². The molecule has 2 heterocycles. The minimum atomic E-state index is -0.0813. The van der Waals surface area contributed by atoms with Gasteiger partial charge < -0.3 is 15.2 Å². The lowest BCUT2D eigenvalue weighted by molar-refractivity contribution is -0.135. The van der Waals surface area contributed by atoms with Gasteiger partial charge in [0, 0.05) is 23.0 Å². The van der Waals surface area contributed by atoms with E-state index in [1.807, 2.05) is 11.3 Å². The van der Waals surface area contributed by atoms with Crippen LogP contribution in [0.4, 0.5) is 0 Å². The fourth-order valence-corrected chi connectivity index (χ4v) is 4.64. The van der Waals surface area contributed by atoms with Crippen molar-refractivity contribution >= 4 is 11.3 Å². The molecule has 0 spiro atoms. The Bertz CT molecular complexity index is 701. The number of fused-ring (bicyclic) bond motifs is 1. The van der Waals surface area contributed by atoms with Crippen molar-refractivity contribution in [2.24, 2.45) is 5.41 Å². The van der Waals surface area contributed by atoms with Crippen LogP contribution in [0.25, 0.3) is 10.6 Å². The first-order valence-corrected chi connectivity index (χ1v) is 9.49. The summed E-state index contributed by atoms with van der Waals surface area (Å²) in [5, 5.41) is 14.4. The van der Waals surface area contributed by atoms with Gasteiger partial charge in [0.25, 0.3) is 0 Å². The lowest BCUT2D eigenvalue weighted by atomic mass is 9.86. The highest BCUT2D eigenvalue weighted by atomic mass is 32.1. The Hall–Kier alpha value is -1.27. The third-order valence-corrected chi connectivity index (χ3v) is 6.38. The van der Waals surface area contributed by atoms with Gasteiger partial charge >= 0.3 is 0 Å². The molecule has 5 heteroatoms. The van der Waals surface area contributed by atoms with Crippen molar-refractivity contribution in [3.63, 3.8) is 0 Å². The minimum Gasteiger partial charge on any atom is -0.396 e. The molecule has 0 amide bonds. The third-order valence-electron chi connectivity index (χ3n) is 5.12. The Morgan fingerprint density at radius 3 is 2.79 bits per heavy atom. The number of ether oxygens (including phenoxy) is 1. The van der Waals surface area contributed by atoms with Gasteiger partial charge in [-0.15, -0.1) is 11.3 Å². The highest BCUT2D eigenvalue weighted by Crippen LogP contribution is 2.38. The number of nitrogens with one attached hydrogen (secondary N) is 1. The molecule has 24 heavy (non-hydrogen) atoms. The van der Waals surface area contributed by atoms with Crippen LogP contribution in [0.15, 0.2) is 24.3 Å². The second-order valence-electron chi connectivity index (χ2n) is 7.17. The average molecular weight is 344 g/mol. The van der Waals surface area contributed by atoms with E-state index in [1.54, 1.807) is 0 Å². The van der Waals surface area contributed by atoms with E-state index in [2.05, 4.69) is 36.5 Å². The van der Waals surface area contributed by atoms with E-state index in [4.69, 9.17) is 9.72 Å². The van der Waals surface area contributed by atoms with E-state index < -0.39 is 0 Å². The molecule has 2 N–H and O–H groups in total. The Balaban J connectivity index is 1.53. The standard InChI is InChI=1S/C19H24N2O2S/c1-13-5-7-14(8-6-13)18-21-16-4-2-3-15(17(16)24-18)20-9-19(10-22)11-23-12-19/h5-8,15,20,22H,2-4,9-12H2,1H3. The number of hydrogen-bond donors (Lipinski definition) is 2. The van der Waals surface area contributed by atoms with Crippen LogP contribution in [0.5, 0.6) is 0 Å². The van der Waals surface area contributed by atoms with Gasteiger partial charge in [0.1, 0.15) is 5.01 Å². The molecule has 0 saturated carbocycles. The molecule has 1 aromatic heterocycles. The molecular formula is C19H24N2O2S. The van der Waals surface area contributed by atoms with E-state index >= 15 is 0 Å². The number of nitrogens with zero attached hydrogens (tertiary/aromatic N) is 1. The zero-order valence-electron chi connectivity index (χ0n) is 14.0. The van der Waals surface area contributed by atoms with Crippen LogP contribution in [-0.2, 0) is 11.2 Å². The lowest BCUT2D eigenvalue weighted by Crippen LogP contribution is -2.52. The second-order valence-corrected chi connectivity index (χ2v) is 8.20. The molecule has 4 rings (SSSR count). The van der Waals surface area contributed by atoms with Crippen molar-refractivity contribution in [1.82, 2.24) is 10.3 Å². The van der Waals surface area contributed by atoms with E-state index in [0.717, 1.165) is 24.4 Å². The summed E-state index contributed by atoms with van der Waals surface area (Å²) in [7, 11) is 0. The summed E-state index contributed by atoms with van der Waals surface area (Å²) in [5.74, 6) is 0. The Morgan fingerprint density at radius 1 is 1.33 bits per heavy atom. The summed E-state index contributed by atoms with van der Waals surface area (Å²) in [6.07, 6.45) is 3.39. The molecule has 0 bridgehead atoms. The molecule has 0 radical (unpaired) electrons. The zero-order valence-corrected chi connectivity index (χ0v) is 14.9. The first kappa shape index (κ1) is 16.2. The lowest BCUT2D eigenvalue weighted by Gasteiger charge is -2.41. The van der Waals surface area contributed by atoms with Gasteiger partial charge in [0.15, 0.2) is 0 Å². The largest absolute Gasteiger partial charge is 0.396 e. The molecule has 2 aromatic rings. The van der Waals surface area contributed by atoms with Gasteiger partial charge in [-0.2, -0.15) is 0 Å². The van der Waals surface area contributed by atoms with Crippen molar-refractivity contribution in [1.29, 1.82) is 0 Å². The van der Waals surface area contributed by atoms with Crippen LogP contribution in [0.3, 0.4) is 0 Å². The number of aryl methyl sites for hydroxylation is 2. The van der Waals surface area contributed by atoms with Crippen molar-refractivity contribution < 1.29 is 9.84 Å². The number of benzene rings is 1. The van der Waals surface area contributed by atoms with Crippen molar-refractivity contribution in [3.8, 4) is 10.6 Å². The summed E-state index contributed by atoms with van der Waals surface area (Å²) in [6, 6.07) is 8.97. The van der Waals surface area contributed by atoms with Gasteiger partial charge in [-0.1, -0.05) is 29.8 Å². The maximum atomic E-state index is 9.61. The Morgan fingerprint density at radius 2 is 2.12 bits per heavy atom. The van der Waals surface area contributed by atoms with E-state index in [0.29, 0.717) is 19.3 Å². The number of aliphatic hydroxyl groups excluding tert-OH is 1. The molecule has 1 aliphatic carbocycles. The third kappa shape index (κ3) is 3.02. The maximum Gasteiger partial charge on any atom is 0.123 e. The summed E-state index contributed by atoms with van der Waals surface area (Å²) in [6.45, 7) is 4.43. The maximum absolute atomic E-state index is 9.61. The predicted molar refractivity (Wildman–Crippen MR) is 96.3 cm³/mol. The predicted octanol–water partition coefficient (Wildman–Crippen LogP) is 3.09. The van der Waals surface area contributed by atoms with Crippen LogP contribution < -0.4 is 5.32 Å². The van der Waals surface area contributed by atoms with Crippen LogP contribution in [-0.4, -0.2) is 36.5 Å². The zero-order chi connectivity index (χ0) is 16.6. The number of thiazole rings is 1. The number of hydrogen-bond acceptors (Lipinski definition) is 5. The summed E-state index contributed by atoms with van der Waals surface area (Å²) >= 11 is 1.82. The summed E-state index contributed by atoms with van der Waals surface area (Å²) in [5.41, 5.74) is 3.65. The number of aliphatic hydroxyl groups is 1. The molecule has 1 unspecified atom stereocenters. The van der Waals surface area contributed by atoms with E-state index in [-0.39, 0.29) is 12.0 Å². The molecular weight excluding hydrogens is 320 g/mol. The van der Waals surface area contributed by atoms with Crippen molar-refractivity contribution in [2.45, 2.75) is 32.2 Å². The Labute approximate surface area is 146 Å². The van der Waals surface area contributed by atoms with Gasteiger partial charge in [-0.3, -0.25) is 0 Å². The molecule has 128 valence electrons. The topological polar surface area (TPSA) is 54.4 Å². The number of rotatable bonds is 5. The average Bonchev–Trinajstić information content (AvgIpc) is 3.00. The second kappa shape index (κ2) is 6.56. The molecule has 1 fully saturated rings. The quantitative estimate of drug-likeness (QED) is 0.875. The SMILES string of the molecule is Cc1ccc(-c2nc3c(s2)C(NCC2(CO)COC2)CCC3)cc1. The van der Waals surface area contributed by atoms with E-state index in [9.17, 15) is 5.11 Å². The first-order valence-electron chi connectivity index (χ1n) is 8.68. The molecule has 1 saturated heterocycles. The smallest absolute Gasteiger partial charge is 0.123 e. The molecule has 1 aliphatic heterocycles. The fourth-order valence-electron chi connectivity index (χ4n) is 3.41. The molecule has 2 aliphatic rings. The summed E-state index contributed by atoms with van der Waals surface area (Å²) in [4.78, 5) is 6.28. The van der Waals surface area contributed by atoms with Crippen molar-refractivity contribution in [2.75, 3.05) is 26.4 Å². The van der Waals surface area contributed by atoms with Crippen LogP contribution in [0.1, 0.15) is 35.0 Å². The van der Waals surface area contributed by atoms with Crippen LogP contribution in [0.2, 0.25) is 0 Å². The van der Waals surface area contributed by atoms with Crippen LogP contribution >= 0.6 is 11.3 Å². The summed E-state index contributed by atoms with van der Waals surface area (Å²) < 4.78 is 5.30. The number of aromatic nitrogens is 1. The molecule has 1 aromatic carbocycles. The van der Waals surface area contributed by atoms with Crippen LogP contribution in [0, 0.1) is 12.3 Å². The molecule has 4 nitrogen and oxygen atoms in total.